The molecule has 0 aliphatic rings. The van der Waals surface area contributed by atoms with Crippen LogP contribution < -0.4 is 0 Å². The second-order valence-corrected chi connectivity index (χ2v) is 3.29. The van der Waals surface area contributed by atoms with Crippen molar-refractivity contribution in [3.63, 3.8) is 0 Å². The van der Waals surface area contributed by atoms with Crippen molar-refractivity contribution in [2.24, 2.45) is 5.41 Å². The summed E-state index contributed by atoms with van der Waals surface area (Å²) in [7, 11) is 0. The van der Waals surface area contributed by atoms with E-state index in [-0.39, 0.29) is 18.0 Å². The molecule has 3 heteroatoms. The summed E-state index contributed by atoms with van der Waals surface area (Å²) >= 11 is 0. The lowest BCUT2D eigenvalue weighted by atomic mass is 9.97. The lowest BCUT2D eigenvalue weighted by Gasteiger charge is -2.14. The maximum Gasteiger partial charge on any atom is 0.311 e. The van der Waals surface area contributed by atoms with E-state index < -0.39 is 0 Å². The highest BCUT2D eigenvalue weighted by molar-refractivity contribution is 5.75. The van der Waals surface area contributed by atoms with Crippen molar-refractivity contribution in [3.05, 3.63) is 0 Å². The summed E-state index contributed by atoms with van der Waals surface area (Å²) < 4.78 is 4.77. The standard InChI is InChI=1S/C7H14O2.C2H6O/c1-5-9-6(8)7(2,3)4;1-2-3/h5H2,1-4H3;3H,2H2,1H3. The smallest absolute Gasteiger partial charge is 0.311 e. The number of hydrogen-bond donors (Lipinski definition) is 1. The summed E-state index contributed by atoms with van der Waals surface area (Å²) in [4.78, 5) is 10.8. The third kappa shape index (κ3) is 9.43. The van der Waals surface area contributed by atoms with Crippen molar-refractivity contribution in [2.75, 3.05) is 13.2 Å². The molecule has 0 atom stereocenters. The Morgan fingerprint density at radius 2 is 1.67 bits per heavy atom. The van der Waals surface area contributed by atoms with Crippen LogP contribution in [0.25, 0.3) is 0 Å². The fourth-order valence-electron chi connectivity index (χ4n) is 0.348. The first kappa shape index (κ1) is 14.0. The minimum Gasteiger partial charge on any atom is -0.466 e. The molecular formula is C9H20O3. The Bertz CT molecular complexity index is 113. The zero-order chi connectivity index (χ0) is 10.2. The van der Waals surface area contributed by atoms with E-state index in [0.29, 0.717) is 6.61 Å². The van der Waals surface area contributed by atoms with Gasteiger partial charge in [0, 0.05) is 6.61 Å². The van der Waals surface area contributed by atoms with Gasteiger partial charge in [-0.05, 0) is 34.6 Å². The van der Waals surface area contributed by atoms with E-state index in [4.69, 9.17) is 9.84 Å². The Morgan fingerprint density at radius 1 is 1.33 bits per heavy atom. The van der Waals surface area contributed by atoms with Crippen LogP contribution in [-0.4, -0.2) is 24.3 Å². The average molecular weight is 176 g/mol. The summed E-state index contributed by atoms with van der Waals surface area (Å²) in [6.45, 7) is 9.72. The molecule has 0 amide bonds. The molecule has 0 aromatic carbocycles. The molecule has 0 heterocycles. The topological polar surface area (TPSA) is 46.5 Å². The number of rotatable bonds is 1. The maximum absolute atomic E-state index is 10.8. The molecule has 0 aliphatic carbocycles. The zero-order valence-corrected chi connectivity index (χ0v) is 8.68. The van der Waals surface area contributed by atoms with Gasteiger partial charge < -0.3 is 9.84 Å². The van der Waals surface area contributed by atoms with Crippen LogP contribution in [0.5, 0.6) is 0 Å². The van der Waals surface area contributed by atoms with E-state index in [9.17, 15) is 4.79 Å². The van der Waals surface area contributed by atoms with Gasteiger partial charge in [0.15, 0.2) is 0 Å². The molecule has 0 unspecified atom stereocenters. The van der Waals surface area contributed by atoms with Crippen LogP contribution >= 0.6 is 0 Å². The number of aliphatic hydroxyl groups excluding tert-OH is 1. The van der Waals surface area contributed by atoms with Gasteiger partial charge >= 0.3 is 5.97 Å². The van der Waals surface area contributed by atoms with Crippen LogP contribution in [0.15, 0.2) is 0 Å². The maximum atomic E-state index is 10.8. The van der Waals surface area contributed by atoms with E-state index in [1.54, 1.807) is 6.92 Å². The molecule has 0 radical (unpaired) electrons. The van der Waals surface area contributed by atoms with Gasteiger partial charge in [-0.2, -0.15) is 0 Å². The van der Waals surface area contributed by atoms with Crippen LogP contribution in [0, 0.1) is 5.41 Å². The van der Waals surface area contributed by atoms with Crippen LogP contribution in [0.3, 0.4) is 0 Å². The summed E-state index contributed by atoms with van der Waals surface area (Å²) in [5.74, 6) is -0.134. The minimum atomic E-state index is -0.351. The first-order chi connectivity index (χ1) is 5.40. The Labute approximate surface area is 74.7 Å². The van der Waals surface area contributed by atoms with Gasteiger partial charge in [0.1, 0.15) is 0 Å². The van der Waals surface area contributed by atoms with E-state index in [2.05, 4.69) is 0 Å². The lowest BCUT2D eigenvalue weighted by Crippen LogP contribution is -2.22. The van der Waals surface area contributed by atoms with Gasteiger partial charge in [0.25, 0.3) is 0 Å². The van der Waals surface area contributed by atoms with Crippen molar-refractivity contribution < 1.29 is 14.6 Å². The summed E-state index contributed by atoms with van der Waals surface area (Å²) in [6, 6.07) is 0. The molecule has 0 fully saturated rings. The molecule has 74 valence electrons. The number of carbonyl (C=O) groups excluding carboxylic acids is 1. The molecular weight excluding hydrogens is 156 g/mol. The minimum absolute atomic E-state index is 0.134. The van der Waals surface area contributed by atoms with E-state index in [0.717, 1.165) is 0 Å². The van der Waals surface area contributed by atoms with Crippen molar-refractivity contribution in [2.45, 2.75) is 34.6 Å². The second-order valence-electron chi connectivity index (χ2n) is 3.29. The molecule has 0 saturated heterocycles. The number of ether oxygens (including phenoxy) is 1. The quantitative estimate of drug-likeness (QED) is 0.617. The number of aliphatic hydroxyl groups is 1. The van der Waals surface area contributed by atoms with Crippen molar-refractivity contribution in [1.29, 1.82) is 0 Å². The molecule has 1 N–H and O–H groups in total. The third-order valence-corrected chi connectivity index (χ3v) is 0.888. The molecule has 0 aromatic heterocycles. The highest BCUT2D eigenvalue weighted by Crippen LogP contribution is 2.14. The van der Waals surface area contributed by atoms with Gasteiger partial charge in [-0.25, -0.2) is 0 Å². The number of esters is 1. The highest BCUT2D eigenvalue weighted by Gasteiger charge is 2.21. The Kier molecular flexibility index (Phi) is 8.27. The molecule has 0 aliphatic heterocycles. The summed E-state index contributed by atoms with van der Waals surface area (Å²) in [6.07, 6.45) is 0. The molecule has 0 aromatic rings. The fraction of sp³-hybridized carbons (Fsp3) is 0.889. The molecule has 0 spiro atoms. The molecule has 0 bridgehead atoms. The highest BCUT2D eigenvalue weighted by atomic mass is 16.5. The van der Waals surface area contributed by atoms with Gasteiger partial charge in [-0.15, -0.1) is 0 Å². The van der Waals surface area contributed by atoms with Gasteiger partial charge in [-0.3, -0.25) is 4.79 Å². The van der Waals surface area contributed by atoms with Crippen LogP contribution in [-0.2, 0) is 9.53 Å². The van der Waals surface area contributed by atoms with Crippen molar-refractivity contribution in [3.8, 4) is 0 Å². The van der Waals surface area contributed by atoms with Crippen molar-refractivity contribution >= 4 is 5.97 Å². The third-order valence-electron chi connectivity index (χ3n) is 0.888. The molecule has 3 nitrogen and oxygen atoms in total. The predicted octanol–water partition coefficient (Wildman–Crippen LogP) is 1.59. The lowest BCUT2D eigenvalue weighted by molar-refractivity contribution is -0.152. The molecule has 0 rings (SSSR count). The van der Waals surface area contributed by atoms with E-state index >= 15 is 0 Å². The van der Waals surface area contributed by atoms with E-state index in [1.807, 2.05) is 27.7 Å². The first-order valence-corrected chi connectivity index (χ1v) is 4.18. The summed E-state index contributed by atoms with van der Waals surface area (Å²) in [5, 5.41) is 7.57. The monoisotopic (exact) mass is 176 g/mol. The predicted molar refractivity (Wildman–Crippen MR) is 48.8 cm³/mol. The number of carbonyl (C=O) groups is 1. The molecule has 0 saturated carbocycles. The van der Waals surface area contributed by atoms with Gasteiger partial charge in [0.2, 0.25) is 0 Å². The Morgan fingerprint density at radius 3 is 1.75 bits per heavy atom. The largest absolute Gasteiger partial charge is 0.466 e. The van der Waals surface area contributed by atoms with E-state index in [1.165, 1.54) is 0 Å². The zero-order valence-electron chi connectivity index (χ0n) is 8.68. The average Bonchev–Trinajstić information content (AvgIpc) is 1.88. The van der Waals surface area contributed by atoms with Gasteiger partial charge in [0.05, 0.1) is 12.0 Å². The molecule has 12 heavy (non-hydrogen) atoms. The second kappa shape index (κ2) is 7.10. The van der Waals surface area contributed by atoms with Crippen LogP contribution in [0.4, 0.5) is 0 Å². The summed E-state index contributed by atoms with van der Waals surface area (Å²) in [5.41, 5.74) is -0.351. The normalized spacial score (nSPS) is 9.83. The van der Waals surface area contributed by atoms with Crippen molar-refractivity contribution in [1.82, 2.24) is 0 Å². The number of hydrogen-bond acceptors (Lipinski definition) is 3. The van der Waals surface area contributed by atoms with Crippen LogP contribution in [0.1, 0.15) is 34.6 Å². The van der Waals surface area contributed by atoms with Crippen LogP contribution in [0.2, 0.25) is 0 Å². The van der Waals surface area contributed by atoms with Gasteiger partial charge in [-0.1, -0.05) is 0 Å². The Hall–Kier alpha value is -0.570. The first-order valence-electron chi connectivity index (χ1n) is 4.18. The fourth-order valence-corrected chi connectivity index (χ4v) is 0.348. The SMILES string of the molecule is CCO.CCOC(=O)C(C)(C)C. The Balaban J connectivity index is 0.